The van der Waals surface area contributed by atoms with Gasteiger partial charge in [0.05, 0.1) is 6.61 Å². The van der Waals surface area contributed by atoms with Crippen molar-refractivity contribution >= 4 is 16.9 Å². The van der Waals surface area contributed by atoms with Crippen LogP contribution in [0.2, 0.25) is 0 Å². The molecule has 0 radical (unpaired) electrons. The van der Waals surface area contributed by atoms with E-state index >= 15 is 0 Å². The van der Waals surface area contributed by atoms with Gasteiger partial charge in [0.2, 0.25) is 5.56 Å². The van der Waals surface area contributed by atoms with Crippen LogP contribution in [-0.4, -0.2) is 41.7 Å². The highest BCUT2D eigenvalue weighted by Gasteiger charge is 2.22. The molecule has 0 unspecified atom stereocenters. The molecule has 2 heterocycles. The molecular formula is C17H21N3O3. The number of nitrogens with zero attached hydrogens (tertiary/aromatic N) is 1. The van der Waals surface area contributed by atoms with Crippen LogP contribution in [0.25, 0.3) is 10.9 Å². The molecule has 2 aromatic rings. The minimum atomic E-state index is -0.163. The van der Waals surface area contributed by atoms with E-state index < -0.39 is 0 Å². The van der Waals surface area contributed by atoms with Crippen LogP contribution in [0.15, 0.2) is 35.1 Å². The Morgan fingerprint density at radius 2 is 2.22 bits per heavy atom. The van der Waals surface area contributed by atoms with Gasteiger partial charge in [0.25, 0.3) is 0 Å². The molecular weight excluding hydrogens is 294 g/mol. The number of pyridine rings is 1. The van der Waals surface area contributed by atoms with E-state index in [0.29, 0.717) is 26.3 Å². The Labute approximate surface area is 134 Å². The number of fused-ring (bicyclic) bond motifs is 1. The summed E-state index contributed by atoms with van der Waals surface area (Å²) in [6.07, 6.45) is 0.835. The lowest BCUT2D eigenvalue weighted by molar-refractivity contribution is 0.142. The number of rotatable bonds is 2. The molecule has 6 nitrogen and oxygen atoms in total. The van der Waals surface area contributed by atoms with Crippen molar-refractivity contribution in [2.24, 2.45) is 0 Å². The van der Waals surface area contributed by atoms with Gasteiger partial charge in [0, 0.05) is 42.7 Å². The molecule has 3 rings (SSSR count). The first-order valence-electron chi connectivity index (χ1n) is 7.88. The zero-order valence-electron chi connectivity index (χ0n) is 13.2. The molecule has 2 N–H and O–H groups in total. The van der Waals surface area contributed by atoms with Crippen LogP contribution in [-0.2, 0) is 11.3 Å². The summed E-state index contributed by atoms with van der Waals surface area (Å²) >= 11 is 0. The number of nitrogens with one attached hydrogen (secondary N) is 2. The standard InChI is InChI=1S/C17H21N3O3/c1-12-6-8-23-9-7-20(12)17(22)18-11-13-10-16(21)19-15-5-3-2-4-14(13)15/h2-5,10,12H,6-9,11H2,1H3,(H,18,22)(H,19,21)/t12-/m0/s1. The minimum Gasteiger partial charge on any atom is -0.380 e. The summed E-state index contributed by atoms with van der Waals surface area (Å²) in [6.45, 7) is 4.18. The topological polar surface area (TPSA) is 74.4 Å². The van der Waals surface area contributed by atoms with Crippen LogP contribution < -0.4 is 10.9 Å². The number of hydrogen-bond acceptors (Lipinski definition) is 3. The predicted molar refractivity (Wildman–Crippen MR) is 88.4 cm³/mol. The van der Waals surface area contributed by atoms with E-state index in [0.717, 1.165) is 22.9 Å². The lowest BCUT2D eigenvalue weighted by Crippen LogP contribution is -2.45. The molecule has 1 aromatic heterocycles. The van der Waals surface area contributed by atoms with E-state index in [-0.39, 0.29) is 17.6 Å². The second kappa shape index (κ2) is 6.83. The van der Waals surface area contributed by atoms with E-state index in [4.69, 9.17) is 4.74 Å². The number of amides is 2. The third-order valence-electron chi connectivity index (χ3n) is 4.22. The number of hydrogen-bond donors (Lipinski definition) is 2. The first-order chi connectivity index (χ1) is 11.1. The maximum Gasteiger partial charge on any atom is 0.317 e. The Kier molecular flexibility index (Phi) is 4.62. The molecule has 0 saturated carbocycles. The number of benzene rings is 1. The highest BCUT2D eigenvalue weighted by atomic mass is 16.5. The van der Waals surface area contributed by atoms with Crippen molar-refractivity contribution in [2.75, 3.05) is 19.8 Å². The number of carbonyl (C=O) groups excluding carboxylic acids is 1. The lowest BCUT2D eigenvalue weighted by Gasteiger charge is -2.26. The number of H-pyrrole nitrogens is 1. The molecule has 0 aliphatic carbocycles. The van der Waals surface area contributed by atoms with E-state index in [1.807, 2.05) is 31.2 Å². The van der Waals surface area contributed by atoms with Crippen molar-refractivity contribution in [3.8, 4) is 0 Å². The van der Waals surface area contributed by atoms with Gasteiger partial charge in [0.15, 0.2) is 0 Å². The maximum absolute atomic E-state index is 12.4. The lowest BCUT2D eigenvalue weighted by atomic mass is 10.1. The molecule has 1 fully saturated rings. The molecule has 122 valence electrons. The molecule has 1 atom stereocenters. The smallest absolute Gasteiger partial charge is 0.317 e. The monoisotopic (exact) mass is 315 g/mol. The van der Waals surface area contributed by atoms with Gasteiger partial charge < -0.3 is 19.9 Å². The normalized spacial score (nSPS) is 18.7. The third kappa shape index (κ3) is 3.53. The van der Waals surface area contributed by atoms with Gasteiger partial charge in [-0.25, -0.2) is 4.79 Å². The fraction of sp³-hybridized carbons (Fsp3) is 0.412. The molecule has 23 heavy (non-hydrogen) atoms. The van der Waals surface area contributed by atoms with E-state index in [1.165, 1.54) is 6.07 Å². The van der Waals surface area contributed by atoms with Crippen LogP contribution in [0.4, 0.5) is 4.79 Å². The fourth-order valence-electron chi connectivity index (χ4n) is 2.89. The Hall–Kier alpha value is -2.34. The number of ether oxygens (including phenoxy) is 1. The predicted octanol–water partition coefficient (Wildman–Crippen LogP) is 1.85. The summed E-state index contributed by atoms with van der Waals surface area (Å²) in [6, 6.07) is 9.16. The maximum atomic E-state index is 12.4. The zero-order valence-corrected chi connectivity index (χ0v) is 13.2. The van der Waals surface area contributed by atoms with Gasteiger partial charge in [-0.1, -0.05) is 18.2 Å². The summed E-state index contributed by atoms with van der Waals surface area (Å²) in [4.78, 5) is 28.8. The van der Waals surface area contributed by atoms with E-state index in [2.05, 4.69) is 10.3 Å². The Morgan fingerprint density at radius 3 is 3.09 bits per heavy atom. The van der Waals surface area contributed by atoms with Gasteiger partial charge in [-0.05, 0) is 25.0 Å². The fourth-order valence-corrected chi connectivity index (χ4v) is 2.89. The number of aromatic amines is 1. The first-order valence-corrected chi connectivity index (χ1v) is 7.88. The number of urea groups is 1. The molecule has 0 spiro atoms. The largest absolute Gasteiger partial charge is 0.380 e. The second-order valence-electron chi connectivity index (χ2n) is 5.81. The molecule has 1 aliphatic rings. The summed E-state index contributed by atoms with van der Waals surface area (Å²) in [7, 11) is 0. The molecule has 1 saturated heterocycles. The average molecular weight is 315 g/mol. The average Bonchev–Trinajstić information content (AvgIpc) is 2.76. The quantitative estimate of drug-likeness (QED) is 0.888. The molecule has 1 aliphatic heterocycles. The Morgan fingerprint density at radius 1 is 1.39 bits per heavy atom. The van der Waals surface area contributed by atoms with Crippen molar-refractivity contribution in [2.45, 2.75) is 25.9 Å². The Bertz CT molecular complexity index is 756. The van der Waals surface area contributed by atoms with Crippen LogP contribution >= 0.6 is 0 Å². The van der Waals surface area contributed by atoms with E-state index in [1.54, 1.807) is 4.90 Å². The summed E-state index contributed by atoms with van der Waals surface area (Å²) in [5.74, 6) is 0. The summed E-state index contributed by atoms with van der Waals surface area (Å²) in [5, 5.41) is 3.87. The van der Waals surface area contributed by atoms with Crippen LogP contribution in [0, 0.1) is 0 Å². The van der Waals surface area contributed by atoms with Gasteiger partial charge >= 0.3 is 6.03 Å². The molecule has 2 amide bonds. The van der Waals surface area contributed by atoms with Crippen molar-refractivity contribution in [3.63, 3.8) is 0 Å². The van der Waals surface area contributed by atoms with Crippen molar-refractivity contribution in [1.29, 1.82) is 0 Å². The van der Waals surface area contributed by atoms with Crippen LogP contribution in [0.3, 0.4) is 0 Å². The summed E-state index contributed by atoms with van der Waals surface area (Å²) < 4.78 is 5.41. The molecule has 1 aromatic carbocycles. The summed E-state index contributed by atoms with van der Waals surface area (Å²) in [5.41, 5.74) is 1.43. The number of para-hydroxylation sites is 1. The van der Waals surface area contributed by atoms with Gasteiger partial charge in [-0.2, -0.15) is 0 Å². The third-order valence-corrected chi connectivity index (χ3v) is 4.22. The van der Waals surface area contributed by atoms with Crippen molar-refractivity contribution in [1.82, 2.24) is 15.2 Å². The molecule has 0 bridgehead atoms. The van der Waals surface area contributed by atoms with Crippen LogP contribution in [0.5, 0.6) is 0 Å². The highest BCUT2D eigenvalue weighted by Crippen LogP contribution is 2.15. The SMILES string of the molecule is C[C@H]1CCOCCN1C(=O)NCc1cc(=O)[nH]c2ccccc12. The van der Waals surface area contributed by atoms with Crippen LogP contribution in [0.1, 0.15) is 18.9 Å². The van der Waals surface area contributed by atoms with E-state index in [9.17, 15) is 9.59 Å². The number of aromatic nitrogens is 1. The second-order valence-corrected chi connectivity index (χ2v) is 5.81. The Balaban J connectivity index is 1.75. The van der Waals surface area contributed by atoms with Crippen molar-refractivity contribution in [3.05, 3.63) is 46.2 Å². The van der Waals surface area contributed by atoms with Gasteiger partial charge in [0.1, 0.15) is 0 Å². The van der Waals surface area contributed by atoms with Gasteiger partial charge in [-0.3, -0.25) is 4.79 Å². The molecule has 6 heteroatoms. The number of carbonyl (C=O) groups is 1. The zero-order chi connectivity index (χ0) is 16.2. The van der Waals surface area contributed by atoms with Crippen molar-refractivity contribution < 1.29 is 9.53 Å². The minimum absolute atomic E-state index is 0.118. The highest BCUT2D eigenvalue weighted by molar-refractivity contribution is 5.82. The van der Waals surface area contributed by atoms with Gasteiger partial charge in [-0.15, -0.1) is 0 Å². The first kappa shape index (κ1) is 15.6.